The molecule has 0 radical (unpaired) electrons. The summed E-state index contributed by atoms with van der Waals surface area (Å²) < 4.78 is 2.17. The Hall–Kier alpha value is -2.88. The Morgan fingerprint density at radius 1 is 1.11 bits per heavy atom. The third-order valence-corrected chi connectivity index (χ3v) is 5.30. The summed E-state index contributed by atoms with van der Waals surface area (Å²) in [5, 5.41) is 3.09. The maximum absolute atomic E-state index is 13.1. The quantitative estimate of drug-likeness (QED) is 0.666. The van der Waals surface area contributed by atoms with Crippen molar-refractivity contribution in [3.05, 3.63) is 88.0 Å². The van der Waals surface area contributed by atoms with Crippen LogP contribution in [0.1, 0.15) is 51.1 Å². The van der Waals surface area contributed by atoms with E-state index in [0.29, 0.717) is 13.1 Å². The minimum absolute atomic E-state index is 0.0103. The molecule has 0 aliphatic heterocycles. The van der Waals surface area contributed by atoms with Gasteiger partial charge in [-0.3, -0.25) is 9.78 Å². The van der Waals surface area contributed by atoms with Crippen LogP contribution in [-0.4, -0.2) is 22.0 Å². The van der Waals surface area contributed by atoms with E-state index in [2.05, 4.69) is 66.8 Å². The predicted octanol–water partition coefficient (Wildman–Crippen LogP) is 4.39. The highest BCUT2D eigenvalue weighted by Gasteiger charge is 2.21. The zero-order valence-corrected chi connectivity index (χ0v) is 17.2. The molecule has 146 valence electrons. The Balaban J connectivity index is 1.83. The standard InChI is InChI=1S/C24H29N3O/c1-5-22-18(3)23(24(28)26-14-12-21-11-6-7-13-25-21)27(19(22)4)16-20-10-8-9-17(2)15-20/h6-11,13,15H,5,12,14,16H2,1-4H3,(H,26,28). The van der Waals surface area contributed by atoms with Crippen LogP contribution >= 0.6 is 0 Å². The first-order chi connectivity index (χ1) is 13.5. The van der Waals surface area contributed by atoms with Crippen LogP contribution in [0.3, 0.4) is 0 Å². The molecular weight excluding hydrogens is 346 g/mol. The van der Waals surface area contributed by atoms with E-state index in [1.165, 1.54) is 22.4 Å². The average molecular weight is 376 g/mol. The van der Waals surface area contributed by atoms with Gasteiger partial charge in [0.25, 0.3) is 5.91 Å². The van der Waals surface area contributed by atoms with Crippen molar-refractivity contribution in [2.24, 2.45) is 0 Å². The number of rotatable bonds is 7. The molecule has 1 aromatic carbocycles. The van der Waals surface area contributed by atoms with Crippen molar-refractivity contribution < 1.29 is 4.79 Å². The molecule has 0 unspecified atom stereocenters. The van der Waals surface area contributed by atoms with E-state index in [-0.39, 0.29) is 5.91 Å². The number of nitrogens with zero attached hydrogens (tertiary/aromatic N) is 2. The largest absolute Gasteiger partial charge is 0.350 e. The molecule has 2 aromatic heterocycles. The number of aryl methyl sites for hydroxylation is 1. The number of nitrogens with one attached hydrogen (secondary N) is 1. The molecule has 4 nitrogen and oxygen atoms in total. The number of carbonyl (C=O) groups excluding carboxylic acids is 1. The highest BCUT2D eigenvalue weighted by molar-refractivity contribution is 5.95. The summed E-state index contributed by atoms with van der Waals surface area (Å²) >= 11 is 0. The van der Waals surface area contributed by atoms with Gasteiger partial charge in [-0.15, -0.1) is 0 Å². The number of pyridine rings is 1. The fourth-order valence-electron chi connectivity index (χ4n) is 3.89. The topological polar surface area (TPSA) is 46.9 Å². The number of hydrogen-bond donors (Lipinski definition) is 1. The van der Waals surface area contributed by atoms with Crippen molar-refractivity contribution in [3.8, 4) is 0 Å². The van der Waals surface area contributed by atoms with Gasteiger partial charge in [-0.05, 0) is 56.0 Å². The van der Waals surface area contributed by atoms with E-state index in [0.717, 1.165) is 29.8 Å². The molecule has 0 atom stereocenters. The fraction of sp³-hybridized carbons (Fsp3) is 0.333. The first kappa shape index (κ1) is 19.9. The van der Waals surface area contributed by atoms with E-state index >= 15 is 0 Å². The van der Waals surface area contributed by atoms with Crippen LogP contribution < -0.4 is 5.32 Å². The molecule has 3 aromatic rings. The number of carbonyl (C=O) groups is 1. The number of amides is 1. The van der Waals surface area contributed by atoms with Crippen molar-refractivity contribution >= 4 is 5.91 Å². The minimum Gasteiger partial charge on any atom is -0.350 e. The lowest BCUT2D eigenvalue weighted by atomic mass is 10.1. The lowest BCUT2D eigenvalue weighted by Gasteiger charge is -2.13. The molecule has 0 saturated carbocycles. The van der Waals surface area contributed by atoms with Gasteiger partial charge in [0.2, 0.25) is 0 Å². The first-order valence-corrected chi connectivity index (χ1v) is 9.93. The second-order valence-electron chi connectivity index (χ2n) is 7.29. The zero-order chi connectivity index (χ0) is 20.1. The zero-order valence-electron chi connectivity index (χ0n) is 17.2. The van der Waals surface area contributed by atoms with Crippen molar-refractivity contribution in [2.75, 3.05) is 6.54 Å². The van der Waals surface area contributed by atoms with Crippen LogP contribution in [0, 0.1) is 20.8 Å². The van der Waals surface area contributed by atoms with Gasteiger partial charge in [0.1, 0.15) is 5.69 Å². The molecule has 3 rings (SSSR count). The van der Waals surface area contributed by atoms with Crippen molar-refractivity contribution in [2.45, 2.75) is 47.1 Å². The van der Waals surface area contributed by atoms with Gasteiger partial charge in [-0.25, -0.2) is 0 Å². The van der Waals surface area contributed by atoms with Crippen LogP contribution in [0.5, 0.6) is 0 Å². The number of hydrogen-bond acceptors (Lipinski definition) is 2. The summed E-state index contributed by atoms with van der Waals surface area (Å²) in [6.07, 6.45) is 3.43. The van der Waals surface area contributed by atoms with Crippen LogP contribution in [0.2, 0.25) is 0 Å². The van der Waals surface area contributed by atoms with Gasteiger partial charge in [-0.1, -0.05) is 42.8 Å². The van der Waals surface area contributed by atoms with Crippen LogP contribution in [0.4, 0.5) is 0 Å². The Bertz CT molecular complexity index is 957. The second-order valence-corrected chi connectivity index (χ2v) is 7.29. The monoisotopic (exact) mass is 375 g/mol. The van der Waals surface area contributed by atoms with Gasteiger partial charge >= 0.3 is 0 Å². The maximum atomic E-state index is 13.1. The lowest BCUT2D eigenvalue weighted by molar-refractivity contribution is 0.0944. The van der Waals surface area contributed by atoms with Crippen molar-refractivity contribution in [3.63, 3.8) is 0 Å². The molecule has 1 N–H and O–H groups in total. The summed E-state index contributed by atoms with van der Waals surface area (Å²) in [4.78, 5) is 17.4. The molecule has 0 aliphatic rings. The van der Waals surface area contributed by atoms with Gasteiger partial charge in [0.15, 0.2) is 0 Å². The highest BCUT2D eigenvalue weighted by Crippen LogP contribution is 2.24. The van der Waals surface area contributed by atoms with Gasteiger partial charge < -0.3 is 9.88 Å². The van der Waals surface area contributed by atoms with Gasteiger partial charge in [-0.2, -0.15) is 0 Å². The summed E-state index contributed by atoms with van der Waals surface area (Å²) in [6.45, 7) is 9.70. The molecule has 0 fully saturated rings. The Morgan fingerprint density at radius 3 is 2.61 bits per heavy atom. The summed E-state index contributed by atoms with van der Waals surface area (Å²) in [5.41, 5.74) is 7.73. The second kappa shape index (κ2) is 8.87. The van der Waals surface area contributed by atoms with Crippen LogP contribution in [0.25, 0.3) is 0 Å². The molecule has 0 spiro atoms. The fourth-order valence-corrected chi connectivity index (χ4v) is 3.89. The van der Waals surface area contributed by atoms with E-state index in [9.17, 15) is 4.79 Å². The SMILES string of the molecule is CCc1c(C)c(C(=O)NCCc2ccccn2)n(Cc2cccc(C)c2)c1C. The Kier molecular flexibility index (Phi) is 6.30. The highest BCUT2D eigenvalue weighted by atomic mass is 16.1. The maximum Gasteiger partial charge on any atom is 0.268 e. The minimum atomic E-state index is -0.0103. The van der Waals surface area contributed by atoms with Crippen LogP contribution in [-0.2, 0) is 19.4 Å². The first-order valence-electron chi connectivity index (χ1n) is 9.93. The van der Waals surface area contributed by atoms with Crippen LogP contribution in [0.15, 0.2) is 48.7 Å². The lowest BCUT2D eigenvalue weighted by Crippen LogP contribution is -2.29. The third-order valence-electron chi connectivity index (χ3n) is 5.30. The summed E-state index contributed by atoms with van der Waals surface area (Å²) in [6, 6.07) is 14.3. The average Bonchev–Trinajstić information content (AvgIpc) is 2.92. The molecule has 0 aliphatic carbocycles. The molecule has 28 heavy (non-hydrogen) atoms. The summed E-state index contributed by atoms with van der Waals surface area (Å²) in [7, 11) is 0. The van der Waals surface area contributed by atoms with E-state index < -0.39 is 0 Å². The van der Waals surface area contributed by atoms with E-state index in [4.69, 9.17) is 0 Å². The van der Waals surface area contributed by atoms with E-state index in [1.54, 1.807) is 6.20 Å². The third kappa shape index (κ3) is 4.33. The Labute approximate surface area is 167 Å². The molecule has 0 saturated heterocycles. The van der Waals surface area contributed by atoms with Gasteiger partial charge in [0.05, 0.1) is 0 Å². The predicted molar refractivity (Wildman–Crippen MR) is 114 cm³/mol. The molecule has 4 heteroatoms. The van der Waals surface area contributed by atoms with E-state index in [1.807, 2.05) is 18.2 Å². The van der Waals surface area contributed by atoms with Crippen molar-refractivity contribution in [1.82, 2.24) is 14.9 Å². The molecule has 1 amide bonds. The number of aromatic nitrogens is 2. The number of benzene rings is 1. The Morgan fingerprint density at radius 2 is 1.93 bits per heavy atom. The normalized spacial score (nSPS) is 10.9. The molecular formula is C24H29N3O. The molecule has 0 bridgehead atoms. The smallest absolute Gasteiger partial charge is 0.268 e. The van der Waals surface area contributed by atoms with Crippen molar-refractivity contribution in [1.29, 1.82) is 0 Å². The summed E-state index contributed by atoms with van der Waals surface area (Å²) in [5.74, 6) is -0.0103. The molecule has 2 heterocycles. The van der Waals surface area contributed by atoms with Gasteiger partial charge in [0, 0.05) is 37.1 Å².